The standard InChI is InChI=1S/C8H9BFNO/c10-7-3-5-1-2-9(12)6(5)4-8(7)11/h3-4,12H,1-2,11H2. The Hall–Kier alpha value is -1.03. The Kier molecular flexibility index (Phi) is 1.58. The lowest BCUT2D eigenvalue weighted by Crippen LogP contribution is -2.26. The van der Waals surface area contributed by atoms with Gasteiger partial charge < -0.3 is 10.8 Å². The fourth-order valence-electron chi connectivity index (χ4n) is 1.62. The highest BCUT2D eigenvalue weighted by Crippen LogP contribution is 2.18. The van der Waals surface area contributed by atoms with Crippen LogP contribution >= 0.6 is 0 Å². The van der Waals surface area contributed by atoms with Gasteiger partial charge in [-0.25, -0.2) is 4.39 Å². The van der Waals surface area contributed by atoms with E-state index in [0.29, 0.717) is 6.32 Å². The third-order valence-electron chi connectivity index (χ3n) is 2.30. The molecule has 3 N–H and O–H groups in total. The number of aryl methyl sites for hydroxylation is 1. The van der Waals surface area contributed by atoms with Crippen molar-refractivity contribution in [2.75, 3.05) is 5.73 Å². The van der Waals surface area contributed by atoms with Crippen LogP contribution in [0.15, 0.2) is 12.1 Å². The molecule has 0 saturated carbocycles. The van der Waals surface area contributed by atoms with Gasteiger partial charge >= 0.3 is 6.92 Å². The third kappa shape index (κ3) is 0.993. The first-order valence-electron chi connectivity index (χ1n) is 3.94. The fourth-order valence-corrected chi connectivity index (χ4v) is 1.62. The van der Waals surface area contributed by atoms with Gasteiger partial charge in [-0.05, 0) is 35.9 Å². The van der Waals surface area contributed by atoms with Gasteiger partial charge in [-0.2, -0.15) is 0 Å². The first-order valence-corrected chi connectivity index (χ1v) is 3.94. The summed E-state index contributed by atoms with van der Waals surface area (Å²) in [5.74, 6) is -0.386. The Morgan fingerprint density at radius 1 is 1.50 bits per heavy atom. The van der Waals surface area contributed by atoms with Gasteiger partial charge in [-0.15, -0.1) is 0 Å². The molecule has 0 unspecified atom stereocenters. The number of hydrogen-bond donors (Lipinski definition) is 2. The molecule has 1 heterocycles. The SMILES string of the molecule is Nc1cc2c(cc1F)CCB2O. The highest BCUT2D eigenvalue weighted by molar-refractivity contribution is 6.68. The molecule has 4 heteroatoms. The van der Waals surface area contributed by atoms with Gasteiger partial charge in [0.15, 0.2) is 0 Å². The summed E-state index contributed by atoms with van der Waals surface area (Å²) in [4.78, 5) is 0. The van der Waals surface area contributed by atoms with Gasteiger partial charge in [0, 0.05) is 0 Å². The van der Waals surface area contributed by atoms with E-state index in [1.807, 2.05) is 0 Å². The summed E-state index contributed by atoms with van der Waals surface area (Å²) in [5.41, 5.74) is 7.16. The Balaban J connectivity index is 2.56. The minimum atomic E-state index is -0.456. The number of halogens is 1. The number of hydrogen-bond acceptors (Lipinski definition) is 2. The quantitative estimate of drug-likeness (QED) is 0.424. The first kappa shape index (κ1) is 7.62. The van der Waals surface area contributed by atoms with E-state index in [1.165, 1.54) is 12.1 Å². The lowest BCUT2D eigenvalue weighted by Gasteiger charge is -2.03. The van der Waals surface area contributed by atoms with Crippen LogP contribution in [-0.4, -0.2) is 11.9 Å². The molecule has 2 rings (SSSR count). The predicted molar refractivity (Wildman–Crippen MR) is 46.9 cm³/mol. The van der Waals surface area contributed by atoms with Crippen LogP contribution < -0.4 is 11.2 Å². The minimum Gasteiger partial charge on any atom is -0.446 e. The van der Waals surface area contributed by atoms with Gasteiger partial charge in [0.05, 0.1) is 5.69 Å². The number of fused-ring (bicyclic) bond motifs is 1. The zero-order chi connectivity index (χ0) is 8.72. The molecule has 12 heavy (non-hydrogen) atoms. The molecule has 62 valence electrons. The van der Waals surface area contributed by atoms with E-state index in [-0.39, 0.29) is 11.5 Å². The molecule has 0 amide bonds. The third-order valence-corrected chi connectivity index (χ3v) is 2.30. The van der Waals surface area contributed by atoms with Crippen LogP contribution in [-0.2, 0) is 6.42 Å². The molecule has 1 aromatic carbocycles. The van der Waals surface area contributed by atoms with Crippen molar-refractivity contribution >= 4 is 18.1 Å². The summed E-state index contributed by atoms with van der Waals surface area (Å²) >= 11 is 0. The molecule has 2 nitrogen and oxygen atoms in total. The molecule has 0 aliphatic carbocycles. The average Bonchev–Trinajstić information content (AvgIpc) is 2.35. The van der Waals surface area contributed by atoms with Gasteiger partial charge in [-0.1, -0.05) is 0 Å². The van der Waals surface area contributed by atoms with Crippen LogP contribution in [0.3, 0.4) is 0 Å². The summed E-state index contributed by atoms with van der Waals surface area (Å²) < 4.78 is 12.9. The van der Waals surface area contributed by atoms with Crippen molar-refractivity contribution in [1.82, 2.24) is 0 Å². The molecular formula is C8H9BFNO. The minimum absolute atomic E-state index is 0.120. The lowest BCUT2D eigenvalue weighted by molar-refractivity contribution is 0.587. The summed E-state index contributed by atoms with van der Waals surface area (Å²) in [6, 6.07) is 2.95. The number of rotatable bonds is 0. The first-order chi connectivity index (χ1) is 5.68. The molecule has 1 aliphatic heterocycles. The maximum atomic E-state index is 12.9. The van der Waals surface area contributed by atoms with Gasteiger partial charge in [-0.3, -0.25) is 0 Å². The molecular weight excluding hydrogens is 156 g/mol. The number of benzene rings is 1. The van der Waals surface area contributed by atoms with E-state index >= 15 is 0 Å². The molecule has 0 spiro atoms. The fraction of sp³-hybridized carbons (Fsp3) is 0.250. The van der Waals surface area contributed by atoms with E-state index in [4.69, 9.17) is 5.73 Å². The summed E-state index contributed by atoms with van der Waals surface area (Å²) in [7, 11) is 0. The molecule has 0 aromatic heterocycles. The number of anilines is 1. The summed E-state index contributed by atoms with van der Waals surface area (Å²) in [6.07, 6.45) is 1.42. The monoisotopic (exact) mass is 165 g/mol. The van der Waals surface area contributed by atoms with Gasteiger partial charge in [0.25, 0.3) is 0 Å². The molecule has 0 fully saturated rings. The van der Waals surface area contributed by atoms with Gasteiger partial charge in [0.2, 0.25) is 0 Å². The average molecular weight is 165 g/mol. The second-order valence-corrected chi connectivity index (χ2v) is 3.13. The summed E-state index contributed by atoms with van der Waals surface area (Å²) in [6.45, 7) is -0.456. The van der Waals surface area contributed by atoms with Crippen molar-refractivity contribution in [2.45, 2.75) is 12.7 Å². The maximum absolute atomic E-state index is 12.9. The second-order valence-electron chi connectivity index (χ2n) is 3.13. The van der Waals surface area contributed by atoms with Crippen LogP contribution in [0.25, 0.3) is 0 Å². The van der Waals surface area contributed by atoms with Crippen LogP contribution in [0.5, 0.6) is 0 Å². The van der Waals surface area contributed by atoms with Crippen molar-refractivity contribution < 1.29 is 9.41 Å². The molecule has 0 radical (unpaired) electrons. The number of nitrogen functional groups attached to an aromatic ring is 1. The van der Waals surface area contributed by atoms with Crippen molar-refractivity contribution in [1.29, 1.82) is 0 Å². The van der Waals surface area contributed by atoms with Crippen molar-refractivity contribution in [2.24, 2.45) is 0 Å². The Labute approximate surface area is 70.3 Å². The van der Waals surface area contributed by atoms with E-state index in [1.54, 1.807) is 0 Å². The summed E-state index contributed by atoms with van der Waals surface area (Å²) in [5, 5.41) is 9.42. The highest BCUT2D eigenvalue weighted by atomic mass is 19.1. The van der Waals surface area contributed by atoms with Crippen LogP contribution in [0.2, 0.25) is 6.32 Å². The zero-order valence-electron chi connectivity index (χ0n) is 6.55. The molecule has 0 saturated heterocycles. The predicted octanol–water partition coefficient (Wildman–Crippen LogP) is 0.155. The van der Waals surface area contributed by atoms with E-state index in [9.17, 15) is 9.41 Å². The van der Waals surface area contributed by atoms with E-state index in [0.717, 1.165) is 17.4 Å². The smallest absolute Gasteiger partial charge is 0.324 e. The normalized spacial score (nSPS) is 15.0. The van der Waals surface area contributed by atoms with Crippen LogP contribution in [0, 0.1) is 5.82 Å². The Morgan fingerprint density at radius 3 is 3.00 bits per heavy atom. The van der Waals surface area contributed by atoms with Crippen molar-refractivity contribution in [3.63, 3.8) is 0 Å². The molecule has 0 bridgehead atoms. The molecule has 1 aromatic rings. The highest BCUT2D eigenvalue weighted by Gasteiger charge is 2.25. The molecule has 0 atom stereocenters. The second kappa shape index (κ2) is 2.49. The lowest BCUT2D eigenvalue weighted by atomic mass is 9.63. The van der Waals surface area contributed by atoms with Crippen molar-refractivity contribution in [3.8, 4) is 0 Å². The van der Waals surface area contributed by atoms with Gasteiger partial charge in [0.1, 0.15) is 5.82 Å². The van der Waals surface area contributed by atoms with Crippen LogP contribution in [0.1, 0.15) is 5.56 Å². The number of nitrogens with two attached hydrogens (primary N) is 1. The van der Waals surface area contributed by atoms with E-state index in [2.05, 4.69) is 0 Å². The topological polar surface area (TPSA) is 46.2 Å². The molecule has 1 aliphatic rings. The largest absolute Gasteiger partial charge is 0.446 e. The Bertz CT molecular complexity index is 329. The Morgan fingerprint density at radius 2 is 2.25 bits per heavy atom. The van der Waals surface area contributed by atoms with Crippen molar-refractivity contribution in [3.05, 3.63) is 23.5 Å². The van der Waals surface area contributed by atoms with Crippen LogP contribution in [0.4, 0.5) is 10.1 Å². The zero-order valence-corrected chi connectivity index (χ0v) is 6.55. The maximum Gasteiger partial charge on any atom is 0.324 e. The van der Waals surface area contributed by atoms with E-state index < -0.39 is 6.92 Å².